The summed E-state index contributed by atoms with van der Waals surface area (Å²) < 4.78 is 0. The Morgan fingerprint density at radius 1 is 1.08 bits per heavy atom. The molecule has 24 heavy (non-hydrogen) atoms. The van der Waals surface area contributed by atoms with E-state index in [1.807, 2.05) is 29.2 Å². The molecule has 1 aromatic carbocycles. The van der Waals surface area contributed by atoms with Gasteiger partial charge in [0.25, 0.3) is 5.91 Å². The lowest BCUT2D eigenvalue weighted by atomic mass is 10.1. The summed E-state index contributed by atoms with van der Waals surface area (Å²) in [4.78, 5) is 38.2. The molecule has 0 spiro atoms. The van der Waals surface area contributed by atoms with Crippen molar-refractivity contribution in [1.29, 1.82) is 0 Å². The van der Waals surface area contributed by atoms with Crippen LogP contribution in [-0.2, 0) is 16.0 Å². The summed E-state index contributed by atoms with van der Waals surface area (Å²) in [7, 11) is 0. The van der Waals surface area contributed by atoms with Crippen molar-refractivity contribution in [1.82, 2.24) is 15.1 Å². The van der Waals surface area contributed by atoms with Crippen LogP contribution >= 0.6 is 0 Å². The van der Waals surface area contributed by atoms with Gasteiger partial charge >= 0.3 is 5.97 Å². The predicted molar refractivity (Wildman–Crippen MR) is 88.8 cm³/mol. The van der Waals surface area contributed by atoms with Crippen LogP contribution in [0.4, 0.5) is 0 Å². The number of hydrogen-bond acceptors (Lipinski definition) is 4. The topological polar surface area (TPSA) is 90.0 Å². The lowest BCUT2D eigenvalue weighted by Crippen LogP contribution is -2.51. The molecule has 0 saturated carbocycles. The molecular weight excluding hydrogens is 310 g/mol. The molecule has 130 valence electrons. The number of carbonyl (C=O) groups is 3. The fraction of sp³-hybridized carbons (Fsp3) is 0.471. The van der Waals surface area contributed by atoms with Crippen LogP contribution in [0.2, 0.25) is 0 Å². The first-order valence-electron chi connectivity index (χ1n) is 8.08. The number of aliphatic carboxylic acids is 1. The Labute approximate surface area is 141 Å². The zero-order chi connectivity index (χ0) is 17.5. The van der Waals surface area contributed by atoms with E-state index in [4.69, 9.17) is 5.11 Å². The normalized spacial score (nSPS) is 15.1. The van der Waals surface area contributed by atoms with Crippen molar-refractivity contribution in [2.75, 3.05) is 39.3 Å². The lowest BCUT2D eigenvalue weighted by molar-refractivity contribution is -0.138. The van der Waals surface area contributed by atoms with Gasteiger partial charge in [-0.3, -0.25) is 19.3 Å². The number of rotatable bonds is 6. The minimum Gasteiger partial charge on any atom is -0.480 e. The highest BCUT2D eigenvalue weighted by atomic mass is 16.4. The molecule has 2 N–H and O–H groups in total. The van der Waals surface area contributed by atoms with Gasteiger partial charge in [0.2, 0.25) is 5.91 Å². The van der Waals surface area contributed by atoms with Crippen LogP contribution in [0, 0.1) is 0 Å². The number of benzene rings is 1. The summed E-state index contributed by atoms with van der Waals surface area (Å²) in [6.07, 6.45) is 0.942. The van der Waals surface area contributed by atoms with Gasteiger partial charge in [-0.15, -0.1) is 0 Å². The number of carbonyl (C=O) groups excluding carboxylic acids is 2. The van der Waals surface area contributed by atoms with Crippen molar-refractivity contribution in [3.05, 3.63) is 35.4 Å². The number of amides is 2. The summed E-state index contributed by atoms with van der Waals surface area (Å²) in [6.45, 7) is 4.16. The Kier molecular flexibility index (Phi) is 6.31. The van der Waals surface area contributed by atoms with E-state index in [9.17, 15) is 14.4 Å². The largest absolute Gasteiger partial charge is 0.480 e. The lowest BCUT2D eigenvalue weighted by Gasteiger charge is -2.34. The second kappa shape index (κ2) is 8.44. The summed E-state index contributed by atoms with van der Waals surface area (Å²) >= 11 is 0. The van der Waals surface area contributed by atoms with Crippen molar-refractivity contribution in [3.63, 3.8) is 0 Å². The van der Waals surface area contributed by atoms with Crippen LogP contribution in [0.15, 0.2) is 24.3 Å². The van der Waals surface area contributed by atoms with Crippen molar-refractivity contribution in [3.8, 4) is 0 Å². The zero-order valence-corrected chi connectivity index (χ0v) is 13.8. The van der Waals surface area contributed by atoms with E-state index in [1.54, 1.807) is 4.90 Å². The summed E-state index contributed by atoms with van der Waals surface area (Å²) in [6, 6.07) is 7.65. The van der Waals surface area contributed by atoms with E-state index in [-0.39, 0.29) is 24.9 Å². The quantitative estimate of drug-likeness (QED) is 0.777. The van der Waals surface area contributed by atoms with Gasteiger partial charge < -0.3 is 15.3 Å². The maximum Gasteiger partial charge on any atom is 0.322 e. The minimum absolute atomic E-state index is 0.00707. The van der Waals surface area contributed by atoms with Gasteiger partial charge in [0, 0.05) is 31.7 Å². The van der Waals surface area contributed by atoms with Crippen molar-refractivity contribution in [2.24, 2.45) is 0 Å². The van der Waals surface area contributed by atoms with E-state index < -0.39 is 5.97 Å². The number of nitrogens with zero attached hydrogens (tertiary/aromatic N) is 2. The molecule has 1 saturated heterocycles. The molecule has 1 aliphatic heterocycles. The Bertz CT molecular complexity index is 592. The minimum atomic E-state index is -1.06. The molecule has 7 heteroatoms. The molecule has 0 unspecified atom stereocenters. The Morgan fingerprint density at radius 3 is 2.25 bits per heavy atom. The third-order valence-corrected chi connectivity index (χ3v) is 4.07. The summed E-state index contributed by atoms with van der Waals surface area (Å²) in [5.74, 6) is -1.37. The van der Waals surface area contributed by atoms with E-state index in [2.05, 4.69) is 12.2 Å². The fourth-order valence-corrected chi connectivity index (χ4v) is 2.61. The molecule has 0 radical (unpaired) electrons. The predicted octanol–water partition coefficient (Wildman–Crippen LogP) is 0.208. The van der Waals surface area contributed by atoms with Gasteiger partial charge in [0.05, 0.1) is 6.54 Å². The SMILES string of the molecule is CCc1ccc(C(=O)N2CCN(CC(=O)NCC(=O)O)CC2)cc1. The highest BCUT2D eigenvalue weighted by Gasteiger charge is 2.23. The van der Waals surface area contributed by atoms with Crippen LogP contribution in [0.1, 0.15) is 22.8 Å². The average Bonchev–Trinajstić information content (AvgIpc) is 2.60. The van der Waals surface area contributed by atoms with E-state index in [0.717, 1.165) is 6.42 Å². The van der Waals surface area contributed by atoms with Gasteiger partial charge in [-0.05, 0) is 24.1 Å². The third-order valence-electron chi connectivity index (χ3n) is 4.07. The van der Waals surface area contributed by atoms with Crippen LogP contribution in [0.3, 0.4) is 0 Å². The Morgan fingerprint density at radius 2 is 1.71 bits per heavy atom. The van der Waals surface area contributed by atoms with Crippen LogP contribution in [-0.4, -0.2) is 72.0 Å². The average molecular weight is 333 g/mol. The molecule has 1 aromatic rings. The molecule has 2 amide bonds. The van der Waals surface area contributed by atoms with Crippen molar-refractivity contribution >= 4 is 17.8 Å². The van der Waals surface area contributed by atoms with Gasteiger partial charge in [0.1, 0.15) is 6.54 Å². The summed E-state index contributed by atoms with van der Waals surface area (Å²) in [5.41, 5.74) is 1.88. The van der Waals surface area contributed by atoms with E-state index in [1.165, 1.54) is 5.56 Å². The first kappa shape index (κ1) is 17.9. The van der Waals surface area contributed by atoms with E-state index >= 15 is 0 Å². The Hall–Kier alpha value is -2.41. The second-order valence-electron chi connectivity index (χ2n) is 5.79. The first-order chi connectivity index (χ1) is 11.5. The van der Waals surface area contributed by atoms with Gasteiger partial charge in [0.15, 0.2) is 0 Å². The van der Waals surface area contributed by atoms with Gasteiger partial charge in [-0.2, -0.15) is 0 Å². The van der Waals surface area contributed by atoms with Gasteiger partial charge in [-0.1, -0.05) is 19.1 Å². The maximum absolute atomic E-state index is 12.5. The smallest absolute Gasteiger partial charge is 0.322 e. The highest BCUT2D eigenvalue weighted by molar-refractivity contribution is 5.94. The number of aryl methyl sites for hydroxylation is 1. The van der Waals surface area contributed by atoms with E-state index in [0.29, 0.717) is 31.7 Å². The second-order valence-corrected chi connectivity index (χ2v) is 5.79. The molecule has 0 aromatic heterocycles. The molecule has 0 bridgehead atoms. The third kappa shape index (κ3) is 5.06. The first-order valence-corrected chi connectivity index (χ1v) is 8.08. The molecular formula is C17H23N3O4. The van der Waals surface area contributed by atoms with Crippen LogP contribution in [0.25, 0.3) is 0 Å². The summed E-state index contributed by atoms with van der Waals surface area (Å²) in [5, 5.41) is 10.9. The number of nitrogens with one attached hydrogen (secondary N) is 1. The standard InChI is InChI=1S/C17H23N3O4/c1-2-13-3-5-14(6-4-13)17(24)20-9-7-19(8-10-20)12-15(21)18-11-16(22)23/h3-6H,2,7-12H2,1H3,(H,18,21)(H,22,23). The molecule has 1 aliphatic rings. The number of hydrogen-bond donors (Lipinski definition) is 2. The number of piperazine rings is 1. The van der Waals surface area contributed by atoms with Crippen molar-refractivity contribution in [2.45, 2.75) is 13.3 Å². The van der Waals surface area contributed by atoms with Gasteiger partial charge in [-0.25, -0.2) is 0 Å². The fourth-order valence-electron chi connectivity index (χ4n) is 2.61. The molecule has 1 heterocycles. The Balaban J connectivity index is 1.80. The molecule has 0 atom stereocenters. The highest BCUT2D eigenvalue weighted by Crippen LogP contribution is 2.10. The molecule has 2 rings (SSSR count). The number of carboxylic acid groups (broad SMARTS) is 1. The number of carboxylic acids is 1. The van der Waals surface area contributed by atoms with Crippen molar-refractivity contribution < 1.29 is 19.5 Å². The zero-order valence-electron chi connectivity index (χ0n) is 13.8. The van der Waals surface area contributed by atoms with Crippen LogP contribution in [0.5, 0.6) is 0 Å². The molecule has 7 nitrogen and oxygen atoms in total. The molecule has 1 fully saturated rings. The monoisotopic (exact) mass is 333 g/mol. The maximum atomic E-state index is 12.5. The molecule has 0 aliphatic carbocycles. The van der Waals surface area contributed by atoms with Crippen LogP contribution < -0.4 is 5.32 Å².